The molecule has 0 atom stereocenters. The van der Waals surface area contributed by atoms with Crippen molar-refractivity contribution in [2.45, 2.75) is 18.9 Å². The first-order valence-electron chi connectivity index (χ1n) is 6.23. The summed E-state index contributed by atoms with van der Waals surface area (Å²) >= 11 is 0. The van der Waals surface area contributed by atoms with Gasteiger partial charge in [-0.15, -0.1) is 0 Å². The number of rotatable bonds is 4. The van der Waals surface area contributed by atoms with Gasteiger partial charge in [-0.2, -0.15) is 0 Å². The fourth-order valence-electron chi connectivity index (χ4n) is 2.36. The van der Waals surface area contributed by atoms with Crippen LogP contribution in [0.1, 0.15) is 23.2 Å². The van der Waals surface area contributed by atoms with Crippen LogP contribution in [0.4, 0.5) is 0 Å². The Kier molecular flexibility index (Phi) is 3.97. The Hall–Kier alpha value is -1.13. The van der Waals surface area contributed by atoms with Crippen LogP contribution in [0.25, 0.3) is 0 Å². The summed E-state index contributed by atoms with van der Waals surface area (Å²) in [5, 5.41) is 3.34. The molecule has 1 aliphatic heterocycles. The smallest absolute Gasteiger partial charge is 0.178 e. The second kappa shape index (κ2) is 5.47. The van der Waals surface area contributed by atoms with Crippen molar-refractivity contribution in [3.63, 3.8) is 0 Å². The van der Waals surface area contributed by atoms with Crippen molar-refractivity contribution >= 4 is 5.78 Å². The Bertz CT molecular complexity index is 380. The van der Waals surface area contributed by atoms with E-state index < -0.39 is 0 Å². The van der Waals surface area contributed by atoms with Crippen LogP contribution in [0.5, 0.6) is 0 Å². The summed E-state index contributed by atoms with van der Waals surface area (Å²) in [5.74, 6) is 0.214. The number of hydrogen-bond donors (Lipinski definition) is 1. The number of hydrogen-bond acceptors (Lipinski definition) is 3. The molecule has 0 unspecified atom stereocenters. The first-order chi connectivity index (χ1) is 8.16. The molecule has 0 aromatic carbocycles. The van der Waals surface area contributed by atoms with E-state index in [0.717, 1.165) is 31.5 Å². The molecular formula is C13H21N3O. The lowest BCUT2D eigenvalue weighted by molar-refractivity contribution is 0.0903. The van der Waals surface area contributed by atoms with Crippen molar-refractivity contribution in [1.82, 2.24) is 14.8 Å². The standard InChI is InChI=1S/C13H21N3O/c1-15-8-5-11(9-15)13(17)10-16(2)12-3-6-14-7-4-12/h5,8-9,12,14H,3-4,6-7,10H2,1-2H3. The number of piperidine rings is 1. The molecule has 1 aromatic heterocycles. The van der Waals surface area contributed by atoms with E-state index in [2.05, 4.69) is 17.3 Å². The summed E-state index contributed by atoms with van der Waals surface area (Å²) in [6.45, 7) is 2.65. The lowest BCUT2D eigenvalue weighted by Crippen LogP contribution is -2.43. The number of nitrogens with one attached hydrogen (secondary N) is 1. The Morgan fingerprint density at radius 3 is 2.82 bits per heavy atom. The molecule has 1 saturated heterocycles. The molecule has 1 fully saturated rings. The molecule has 2 rings (SSSR count). The van der Waals surface area contributed by atoms with E-state index in [-0.39, 0.29) is 5.78 Å². The van der Waals surface area contributed by atoms with Crippen molar-refractivity contribution in [3.05, 3.63) is 24.0 Å². The number of carbonyl (C=O) groups is 1. The highest BCUT2D eigenvalue weighted by atomic mass is 16.1. The summed E-state index contributed by atoms with van der Waals surface area (Å²) < 4.78 is 1.91. The Morgan fingerprint density at radius 1 is 1.53 bits per heavy atom. The van der Waals surface area contributed by atoms with E-state index in [1.165, 1.54) is 0 Å². The van der Waals surface area contributed by atoms with Crippen molar-refractivity contribution in [3.8, 4) is 0 Å². The monoisotopic (exact) mass is 235 g/mol. The Balaban J connectivity index is 1.89. The van der Waals surface area contributed by atoms with Gasteiger partial charge in [0.05, 0.1) is 6.54 Å². The van der Waals surface area contributed by atoms with Gasteiger partial charge in [-0.3, -0.25) is 9.69 Å². The molecule has 0 saturated carbocycles. The van der Waals surface area contributed by atoms with Gasteiger partial charge in [-0.05, 0) is 39.0 Å². The zero-order valence-electron chi connectivity index (χ0n) is 10.6. The number of aromatic nitrogens is 1. The largest absolute Gasteiger partial charge is 0.357 e. The highest BCUT2D eigenvalue weighted by Crippen LogP contribution is 2.11. The summed E-state index contributed by atoms with van der Waals surface area (Å²) in [4.78, 5) is 14.2. The maximum atomic E-state index is 12.0. The molecule has 0 bridgehead atoms. The van der Waals surface area contributed by atoms with Crippen LogP contribution < -0.4 is 5.32 Å². The highest BCUT2D eigenvalue weighted by Gasteiger charge is 2.20. The quantitative estimate of drug-likeness (QED) is 0.788. The number of aryl methyl sites for hydroxylation is 1. The average Bonchev–Trinajstić information content (AvgIpc) is 2.77. The summed E-state index contributed by atoms with van der Waals surface area (Å²) in [5.41, 5.74) is 0.813. The Labute approximate surface area is 103 Å². The number of likely N-dealkylation sites (N-methyl/N-ethyl adjacent to an activating group) is 1. The first kappa shape index (κ1) is 12.3. The molecule has 2 heterocycles. The third-order valence-electron chi connectivity index (χ3n) is 3.48. The van der Waals surface area contributed by atoms with E-state index in [4.69, 9.17) is 0 Å². The van der Waals surface area contributed by atoms with Crippen LogP contribution in [0.2, 0.25) is 0 Å². The minimum atomic E-state index is 0.214. The maximum absolute atomic E-state index is 12.0. The van der Waals surface area contributed by atoms with Gasteiger partial charge in [0.15, 0.2) is 5.78 Å². The van der Waals surface area contributed by atoms with Gasteiger partial charge < -0.3 is 9.88 Å². The zero-order valence-corrected chi connectivity index (χ0v) is 10.6. The van der Waals surface area contributed by atoms with Gasteiger partial charge in [0, 0.05) is 31.0 Å². The predicted octanol–water partition coefficient (Wildman–Crippen LogP) is 0.892. The van der Waals surface area contributed by atoms with Crippen LogP contribution in [0, 0.1) is 0 Å². The molecular weight excluding hydrogens is 214 g/mol. The predicted molar refractivity (Wildman–Crippen MR) is 68.3 cm³/mol. The number of nitrogens with zero attached hydrogens (tertiary/aromatic N) is 2. The van der Waals surface area contributed by atoms with E-state index in [0.29, 0.717) is 12.6 Å². The van der Waals surface area contributed by atoms with Crippen molar-refractivity contribution < 1.29 is 4.79 Å². The molecule has 0 amide bonds. The summed E-state index contributed by atoms with van der Waals surface area (Å²) in [6.07, 6.45) is 6.08. The van der Waals surface area contributed by atoms with E-state index in [1.807, 2.05) is 30.1 Å². The molecule has 17 heavy (non-hydrogen) atoms. The fraction of sp³-hybridized carbons (Fsp3) is 0.615. The van der Waals surface area contributed by atoms with Crippen molar-refractivity contribution in [2.24, 2.45) is 7.05 Å². The minimum absolute atomic E-state index is 0.214. The lowest BCUT2D eigenvalue weighted by atomic mass is 10.0. The zero-order chi connectivity index (χ0) is 12.3. The van der Waals surface area contributed by atoms with Crippen LogP contribution >= 0.6 is 0 Å². The van der Waals surface area contributed by atoms with Crippen molar-refractivity contribution in [1.29, 1.82) is 0 Å². The summed E-state index contributed by atoms with van der Waals surface area (Å²) in [7, 11) is 3.99. The van der Waals surface area contributed by atoms with Gasteiger partial charge in [0.1, 0.15) is 0 Å². The molecule has 1 N–H and O–H groups in total. The number of ketones is 1. The van der Waals surface area contributed by atoms with Crippen LogP contribution in [-0.2, 0) is 7.05 Å². The van der Waals surface area contributed by atoms with Gasteiger partial charge in [-0.1, -0.05) is 0 Å². The molecule has 1 aliphatic rings. The van der Waals surface area contributed by atoms with E-state index >= 15 is 0 Å². The van der Waals surface area contributed by atoms with Gasteiger partial charge >= 0.3 is 0 Å². The van der Waals surface area contributed by atoms with Crippen LogP contribution in [-0.4, -0.2) is 48.0 Å². The second-order valence-corrected chi connectivity index (χ2v) is 4.89. The lowest BCUT2D eigenvalue weighted by Gasteiger charge is -2.30. The maximum Gasteiger partial charge on any atom is 0.178 e. The second-order valence-electron chi connectivity index (χ2n) is 4.89. The highest BCUT2D eigenvalue weighted by molar-refractivity contribution is 5.97. The van der Waals surface area contributed by atoms with E-state index in [1.54, 1.807) is 0 Å². The molecule has 0 aliphatic carbocycles. The van der Waals surface area contributed by atoms with Crippen LogP contribution in [0.15, 0.2) is 18.5 Å². The minimum Gasteiger partial charge on any atom is -0.357 e. The molecule has 0 spiro atoms. The molecule has 94 valence electrons. The van der Waals surface area contributed by atoms with Crippen LogP contribution in [0.3, 0.4) is 0 Å². The third kappa shape index (κ3) is 3.17. The molecule has 0 radical (unpaired) electrons. The SMILES string of the molecule is CN(CC(=O)c1ccn(C)c1)C1CCNCC1. The molecule has 4 heteroatoms. The van der Waals surface area contributed by atoms with Crippen molar-refractivity contribution in [2.75, 3.05) is 26.7 Å². The average molecular weight is 235 g/mol. The number of carbonyl (C=O) groups excluding carboxylic acids is 1. The molecule has 1 aromatic rings. The van der Waals surface area contributed by atoms with Gasteiger partial charge in [0.25, 0.3) is 0 Å². The van der Waals surface area contributed by atoms with E-state index in [9.17, 15) is 4.79 Å². The summed E-state index contributed by atoms with van der Waals surface area (Å²) in [6, 6.07) is 2.43. The number of Topliss-reactive ketones (excluding diaryl/α,β-unsaturated/α-hetero) is 1. The fourth-order valence-corrected chi connectivity index (χ4v) is 2.36. The van der Waals surface area contributed by atoms with Gasteiger partial charge in [-0.25, -0.2) is 0 Å². The molecule has 4 nitrogen and oxygen atoms in total. The topological polar surface area (TPSA) is 37.3 Å². The van der Waals surface area contributed by atoms with Gasteiger partial charge in [0.2, 0.25) is 0 Å². The first-order valence-corrected chi connectivity index (χ1v) is 6.23. The Morgan fingerprint density at radius 2 is 2.24 bits per heavy atom. The third-order valence-corrected chi connectivity index (χ3v) is 3.48. The normalized spacial score (nSPS) is 17.6.